The lowest BCUT2D eigenvalue weighted by molar-refractivity contribution is -0.121. The molecule has 5 rings (SSSR count). The minimum Gasteiger partial charge on any atom is -0.493 e. The molecule has 1 heterocycles. The topological polar surface area (TPSA) is 76.2 Å². The summed E-state index contributed by atoms with van der Waals surface area (Å²) < 4.78 is 13.4. The Morgan fingerprint density at radius 2 is 1.36 bits per heavy atom. The molecular weight excluding hydrogens is 711 g/mol. The van der Waals surface area contributed by atoms with Gasteiger partial charge in [0.15, 0.2) is 11.5 Å². The molecule has 0 aromatic heterocycles. The van der Waals surface area contributed by atoms with Crippen LogP contribution in [-0.4, -0.2) is 25.0 Å². The average Bonchev–Trinajstić information content (AvgIpc) is 2.97. The third-order valence-corrected chi connectivity index (χ3v) is 8.15. The van der Waals surface area contributed by atoms with E-state index in [9.17, 15) is 14.4 Å². The molecule has 42 heavy (non-hydrogen) atoms. The molecule has 9 heteroatoms. The van der Waals surface area contributed by atoms with Gasteiger partial charge in [0.1, 0.15) is 12.2 Å². The number of benzene rings is 4. The van der Waals surface area contributed by atoms with Crippen molar-refractivity contribution >= 4 is 73.8 Å². The van der Waals surface area contributed by atoms with E-state index >= 15 is 0 Å². The lowest BCUT2D eigenvalue weighted by Crippen LogP contribution is -2.57. The highest BCUT2D eigenvalue weighted by molar-refractivity contribution is 14.1. The van der Waals surface area contributed by atoms with E-state index in [1.165, 1.54) is 13.2 Å². The van der Waals surface area contributed by atoms with Crippen LogP contribution in [0.2, 0.25) is 0 Å². The highest BCUT2D eigenvalue weighted by Gasteiger charge is 2.44. The molecule has 1 fully saturated rings. The second-order valence-electron chi connectivity index (χ2n) is 9.64. The van der Waals surface area contributed by atoms with Crippen LogP contribution in [0, 0.1) is 17.4 Å². The van der Waals surface area contributed by atoms with Crippen LogP contribution in [0.25, 0.3) is 6.08 Å². The van der Waals surface area contributed by atoms with E-state index in [1.54, 1.807) is 36.4 Å². The largest absolute Gasteiger partial charge is 0.493 e. The fraction of sp³-hybridized carbons (Fsp3) is 0.121. The number of methoxy groups -OCH3 is 1. The Hall–Kier alpha value is -3.96. The highest BCUT2D eigenvalue weighted by atomic mass is 127. The summed E-state index contributed by atoms with van der Waals surface area (Å²) in [7, 11) is 1.53. The first-order valence-corrected chi connectivity index (χ1v) is 14.9. The molecule has 1 saturated heterocycles. The molecule has 0 saturated carbocycles. The quantitative estimate of drug-likeness (QED) is 0.110. The monoisotopic (exact) mass is 736 g/mol. The zero-order valence-electron chi connectivity index (χ0n) is 23.1. The number of amides is 4. The number of carbonyl (C=O) groups is 3. The number of nitrogens with zero attached hydrogens (tertiary/aromatic N) is 2. The highest BCUT2D eigenvalue weighted by Crippen LogP contribution is 2.37. The average molecular weight is 737 g/mol. The van der Waals surface area contributed by atoms with Crippen molar-refractivity contribution in [3.05, 3.63) is 121 Å². The third-order valence-electron chi connectivity index (χ3n) is 6.82. The maximum atomic E-state index is 13.9. The summed E-state index contributed by atoms with van der Waals surface area (Å²) in [5, 5.41) is 0. The van der Waals surface area contributed by atoms with Gasteiger partial charge < -0.3 is 9.47 Å². The number of aryl methyl sites for hydroxylation is 2. The van der Waals surface area contributed by atoms with Crippen LogP contribution in [0.4, 0.5) is 16.2 Å². The van der Waals surface area contributed by atoms with Crippen LogP contribution in [0.1, 0.15) is 22.3 Å². The van der Waals surface area contributed by atoms with Gasteiger partial charge in [-0.05, 0) is 101 Å². The van der Waals surface area contributed by atoms with Crippen LogP contribution < -0.4 is 19.3 Å². The number of halogens is 2. The molecule has 0 N–H and O–H groups in total. The summed E-state index contributed by atoms with van der Waals surface area (Å²) in [6.07, 6.45) is 1.50. The smallest absolute Gasteiger partial charge is 0.343 e. The number of hydrogen-bond donors (Lipinski definition) is 0. The molecule has 0 unspecified atom stereocenters. The molecule has 0 bridgehead atoms. The molecule has 0 aliphatic carbocycles. The molecular formula is C33H26BrIN2O5. The number of rotatable bonds is 7. The number of hydrogen-bond acceptors (Lipinski definition) is 5. The Kier molecular flexibility index (Phi) is 8.79. The lowest BCUT2D eigenvalue weighted by atomic mass is 10.0. The van der Waals surface area contributed by atoms with Crippen LogP contribution in [0.3, 0.4) is 0 Å². The Labute approximate surface area is 266 Å². The van der Waals surface area contributed by atoms with Crippen LogP contribution in [0.15, 0.2) is 95.0 Å². The lowest BCUT2D eigenvalue weighted by Gasteiger charge is -2.35. The number of para-hydroxylation sites is 2. The predicted molar refractivity (Wildman–Crippen MR) is 175 cm³/mol. The van der Waals surface area contributed by atoms with E-state index in [1.807, 2.05) is 62.4 Å². The molecule has 0 atom stereocenters. The minimum absolute atomic E-state index is 0.150. The van der Waals surface area contributed by atoms with Crippen molar-refractivity contribution < 1.29 is 23.9 Å². The first kappa shape index (κ1) is 29.5. The number of imide groups is 2. The molecule has 0 spiro atoms. The minimum atomic E-state index is -0.727. The molecule has 212 valence electrons. The second kappa shape index (κ2) is 12.5. The van der Waals surface area contributed by atoms with Gasteiger partial charge in [-0.15, -0.1) is 0 Å². The molecule has 4 amide bonds. The van der Waals surface area contributed by atoms with Gasteiger partial charge in [-0.2, -0.15) is 0 Å². The molecule has 0 radical (unpaired) electrons. The first-order valence-electron chi connectivity index (χ1n) is 13.0. The summed E-state index contributed by atoms with van der Waals surface area (Å²) in [5.74, 6) is -0.408. The van der Waals surface area contributed by atoms with E-state index in [4.69, 9.17) is 9.47 Å². The maximum absolute atomic E-state index is 13.9. The van der Waals surface area contributed by atoms with Gasteiger partial charge in [-0.25, -0.2) is 14.6 Å². The van der Waals surface area contributed by atoms with Crippen molar-refractivity contribution in [2.75, 3.05) is 16.9 Å². The Balaban J connectivity index is 1.57. The number of barbiturate groups is 1. The summed E-state index contributed by atoms with van der Waals surface area (Å²) >= 11 is 5.58. The predicted octanol–water partition coefficient (Wildman–Crippen LogP) is 7.84. The van der Waals surface area contributed by atoms with Gasteiger partial charge in [0.05, 0.1) is 22.1 Å². The van der Waals surface area contributed by atoms with Gasteiger partial charge in [0.25, 0.3) is 11.8 Å². The first-order chi connectivity index (χ1) is 20.2. The van der Waals surface area contributed by atoms with Gasteiger partial charge in [0, 0.05) is 4.47 Å². The molecule has 1 aliphatic heterocycles. The molecule has 4 aromatic rings. The fourth-order valence-electron chi connectivity index (χ4n) is 4.65. The Bertz CT molecular complexity index is 1670. The van der Waals surface area contributed by atoms with Gasteiger partial charge >= 0.3 is 6.03 Å². The van der Waals surface area contributed by atoms with Gasteiger partial charge in [-0.1, -0.05) is 64.5 Å². The van der Waals surface area contributed by atoms with Gasteiger partial charge in [-0.3, -0.25) is 9.59 Å². The zero-order valence-corrected chi connectivity index (χ0v) is 26.8. The summed E-state index contributed by atoms with van der Waals surface area (Å²) in [4.78, 5) is 43.7. The van der Waals surface area contributed by atoms with E-state index < -0.39 is 17.8 Å². The Morgan fingerprint density at radius 3 is 1.88 bits per heavy atom. The van der Waals surface area contributed by atoms with Crippen molar-refractivity contribution in [2.24, 2.45) is 0 Å². The van der Waals surface area contributed by atoms with Crippen LogP contribution in [-0.2, 0) is 16.2 Å². The summed E-state index contributed by atoms with van der Waals surface area (Å²) in [6.45, 7) is 3.96. The van der Waals surface area contributed by atoms with Crippen molar-refractivity contribution in [3.8, 4) is 11.5 Å². The van der Waals surface area contributed by atoms with E-state index in [-0.39, 0.29) is 5.57 Å². The molecule has 4 aromatic carbocycles. The fourth-order valence-corrected chi connectivity index (χ4v) is 5.69. The SMILES string of the molecule is COc1cc(C=C2C(=O)N(c3ccccc3C)C(=O)N(c3ccccc3C)C2=O)cc(I)c1OCc1ccc(Br)cc1. The molecule has 7 nitrogen and oxygen atoms in total. The number of anilines is 2. The van der Waals surface area contributed by atoms with Crippen molar-refractivity contribution in [1.29, 1.82) is 0 Å². The third kappa shape index (κ3) is 5.84. The number of carbonyl (C=O) groups excluding carboxylic acids is 3. The second-order valence-corrected chi connectivity index (χ2v) is 11.7. The van der Waals surface area contributed by atoms with E-state index in [0.29, 0.717) is 35.0 Å². The van der Waals surface area contributed by atoms with Crippen LogP contribution in [0.5, 0.6) is 11.5 Å². The van der Waals surface area contributed by atoms with Crippen molar-refractivity contribution in [1.82, 2.24) is 0 Å². The van der Waals surface area contributed by atoms with E-state index in [0.717, 1.165) is 34.5 Å². The van der Waals surface area contributed by atoms with Gasteiger partial charge in [0.2, 0.25) is 0 Å². The van der Waals surface area contributed by atoms with Crippen molar-refractivity contribution in [3.63, 3.8) is 0 Å². The summed E-state index contributed by atoms with van der Waals surface area (Å²) in [5.41, 5.74) is 3.65. The Morgan fingerprint density at radius 1 is 0.810 bits per heavy atom. The zero-order chi connectivity index (χ0) is 30.0. The summed E-state index contributed by atoms with van der Waals surface area (Å²) in [6, 6.07) is 24.8. The normalized spacial score (nSPS) is 13.5. The standard InChI is InChI=1S/C33H26BrIN2O5/c1-20-8-4-6-10-27(20)36-31(38)25(32(39)37(33(36)40)28-11-7-5-9-21(28)2)16-23-17-26(35)30(29(18-23)41-3)42-19-22-12-14-24(34)15-13-22/h4-18H,19H2,1-3H3. The number of ether oxygens (including phenoxy) is 2. The van der Waals surface area contributed by atoms with Crippen molar-refractivity contribution in [2.45, 2.75) is 20.5 Å². The molecule has 1 aliphatic rings. The van der Waals surface area contributed by atoms with E-state index in [2.05, 4.69) is 38.5 Å². The van der Waals surface area contributed by atoms with Crippen LogP contribution >= 0.6 is 38.5 Å². The number of urea groups is 1. The maximum Gasteiger partial charge on any atom is 0.343 e.